The summed E-state index contributed by atoms with van der Waals surface area (Å²) in [5.41, 5.74) is 13.0. The third-order valence-corrected chi connectivity index (χ3v) is 3.02. The standard InChI is InChI=1S/C13H14N4O/c14-8-10(13(16)18)12(15)17-7-3-5-9-4-1-2-6-11(9)17/h1-2,4,6H,3,5,7,15H2,(H2,16,18)/b12-10-. The summed E-state index contributed by atoms with van der Waals surface area (Å²) in [6.07, 6.45) is 1.90. The molecule has 0 saturated carbocycles. The number of nitrogens with two attached hydrogens (primary N) is 2. The maximum atomic E-state index is 11.2. The molecule has 92 valence electrons. The molecule has 0 fully saturated rings. The fourth-order valence-corrected chi connectivity index (χ4v) is 2.16. The van der Waals surface area contributed by atoms with Crippen molar-refractivity contribution in [1.29, 1.82) is 5.26 Å². The van der Waals surface area contributed by atoms with Gasteiger partial charge in [0.05, 0.1) is 0 Å². The molecule has 1 aliphatic rings. The Morgan fingerprint density at radius 2 is 2.06 bits per heavy atom. The van der Waals surface area contributed by atoms with E-state index < -0.39 is 5.91 Å². The molecule has 0 radical (unpaired) electrons. The first-order valence-corrected chi connectivity index (χ1v) is 5.70. The van der Waals surface area contributed by atoms with Gasteiger partial charge in [0, 0.05) is 12.2 Å². The Bertz CT molecular complexity index is 556. The molecule has 0 aromatic heterocycles. The second-order valence-corrected chi connectivity index (χ2v) is 4.12. The van der Waals surface area contributed by atoms with Crippen molar-refractivity contribution in [1.82, 2.24) is 0 Å². The lowest BCUT2D eigenvalue weighted by Crippen LogP contribution is -2.35. The predicted molar refractivity (Wildman–Crippen MR) is 68.1 cm³/mol. The Kier molecular flexibility index (Phi) is 3.20. The lowest BCUT2D eigenvalue weighted by molar-refractivity contribution is -0.114. The Morgan fingerprint density at radius 3 is 2.72 bits per heavy atom. The van der Waals surface area contributed by atoms with Gasteiger partial charge < -0.3 is 16.4 Å². The van der Waals surface area contributed by atoms with Crippen molar-refractivity contribution in [3.05, 3.63) is 41.2 Å². The number of primary amides is 1. The topological polar surface area (TPSA) is 96.1 Å². The van der Waals surface area contributed by atoms with E-state index >= 15 is 0 Å². The molecule has 0 saturated heterocycles. The summed E-state index contributed by atoms with van der Waals surface area (Å²) >= 11 is 0. The molecule has 2 rings (SSSR count). The van der Waals surface area contributed by atoms with Gasteiger partial charge in [-0.1, -0.05) is 18.2 Å². The molecule has 5 nitrogen and oxygen atoms in total. The summed E-state index contributed by atoms with van der Waals surface area (Å²) in [6, 6.07) is 9.58. The van der Waals surface area contributed by atoms with Crippen LogP contribution in [0.2, 0.25) is 0 Å². The van der Waals surface area contributed by atoms with Crippen molar-refractivity contribution in [3.63, 3.8) is 0 Å². The lowest BCUT2D eigenvalue weighted by atomic mass is 10.0. The molecule has 0 unspecified atom stereocenters. The fourth-order valence-electron chi connectivity index (χ4n) is 2.16. The van der Waals surface area contributed by atoms with Crippen LogP contribution >= 0.6 is 0 Å². The average molecular weight is 242 g/mol. The number of nitriles is 1. The molecule has 1 aromatic carbocycles. The van der Waals surface area contributed by atoms with Gasteiger partial charge in [-0.15, -0.1) is 0 Å². The Morgan fingerprint density at radius 1 is 1.33 bits per heavy atom. The minimum atomic E-state index is -0.793. The van der Waals surface area contributed by atoms with E-state index in [-0.39, 0.29) is 11.4 Å². The third-order valence-electron chi connectivity index (χ3n) is 3.02. The number of hydrogen-bond acceptors (Lipinski definition) is 4. The van der Waals surface area contributed by atoms with Gasteiger partial charge in [-0.05, 0) is 24.5 Å². The quantitative estimate of drug-likeness (QED) is 0.587. The molecular weight excluding hydrogens is 228 g/mol. The molecule has 1 amide bonds. The molecule has 0 aliphatic carbocycles. The van der Waals surface area contributed by atoms with Crippen LogP contribution in [-0.2, 0) is 11.2 Å². The zero-order chi connectivity index (χ0) is 13.1. The summed E-state index contributed by atoms with van der Waals surface area (Å²) in [5, 5.41) is 8.93. The summed E-state index contributed by atoms with van der Waals surface area (Å²) in [4.78, 5) is 12.9. The van der Waals surface area contributed by atoms with Crippen LogP contribution in [0.4, 0.5) is 5.69 Å². The number of rotatable bonds is 2. The van der Waals surface area contributed by atoms with E-state index in [9.17, 15) is 4.79 Å². The Labute approximate surface area is 105 Å². The minimum absolute atomic E-state index is 0.136. The zero-order valence-electron chi connectivity index (χ0n) is 9.89. The molecule has 1 aromatic rings. The van der Waals surface area contributed by atoms with Crippen molar-refractivity contribution in [2.45, 2.75) is 12.8 Å². The van der Waals surface area contributed by atoms with Gasteiger partial charge in [0.25, 0.3) is 5.91 Å². The molecule has 0 spiro atoms. The third kappa shape index (κ3) is 2.00. The summed E-state index contributed by atoms with van der Waals surface area (Å²) in [6.45, 7) is 0.682. The van der Waals surface area contributed by atoms with Gasteiger partial charge in [0.2, 0.25) is 0 Å². The predicted octanol–water partition coefficient (Wildman–Crippen LogP) is 0.618. The van der Waals surface area contributed by atoms with Crippen molar-refractivity contribution in [2.24, 2.45) is 11.5 Å². The van der Waals surface area contributed by atoms with E-state index in [0.717, 1.165) is 24.1 Å². The lowest BCUT2D eigenvalue weighted by Gasteiger charge is -2.31. The van der Waals surface area contributed by atoms with E-state index in [0.29, 0.717) is 6.54 Å². The monoisotopic (exact) mass is 242 g/mol. The van der Waals surface area contributed by atoms with Crippen molar-refractivity contribution in [3.8, 4) is 6.07 Å². The number of anilines is 1. The maximum Gasteiger partial charge on any atom is 0.263 e. The number of fused-ring (bicyclic) bond motifs is 1. The number of hydrogen-bond donors (Lipinski definition) is 2. The first-order valence-electron chi connectivity index (χ1n) is 5.70. The van der Waals surface area contributed by atoms with E-state index in [1.807, 2.05) is 24.3 Å². The number of benzene rings is 1. The number of nitrogens with zero attached hydrogens (tertiary/aromatic N) is 2. The first kappa shape index (κ1) is 12.0. The molecular formula is C13H14N4O. The van der Waals surface area contributed by atoms with E-state index in [4.69, 9.17) is 16.7 Å². The van der Waals surface area contributed by atoms with Gasteiger partial charge in [-0.3, -0.25) is 4.79 Å². The summed E-state index contributed by atoms with van der Waals surface area (Å²) < 4.78 is 0. The molecule has 4 N–H and O–H groups in total. The van der Waals surface area contributed by atoms with Crippen LogP contribution in [-0.4, -0.2) is 12.5 Å². The second-order valence-electron chi connectivity index (χ2n) is 4.12. The molecule has 1 heterocycles. The highest BCUT2D eigenvalue weighted by molar-refractivity contribution is 5.97. The van der Waals surface area contributed by atoms with E-state index in [1.165, 1.54) is 0 Å². The van der Waals surface area contributed by atoms with E-state index in [1.54, 1.807) is 11.0 Å². The summed E-state index contributed by atoms with van der Waals surface area (Å²) in [5.74, 6) is -0.657. The van der Waals surface area contributed by atoms with Crippen LogP contribution in [0, 0.1) is 11.3 Å². The number of carbonyl (C=O) groups is 1. The number of amides is 1. The molecule has 18 heavy (non-hydrogen) atoms. The van der Waals surface area contributed by atoms with Gasteiger partial charge >= 0.3 is 0 Å². The van der Waals surface area contributed by atoms with Crippen molar-refractivity contribution >= 4 is 11.6 Å². The highest BCUT2D eigenvalue weighted by atomic mass is 16.1. The van der Waals surface area contributed by atoms with Gasteiger partial charge in [-0.2, -0.15) is 5.26 Å². The molecule has 0 atom stereocenters. The van der Waals surface area contributed by atoms with Crippen LogP contribution in [0.25, 0.3) is 0 Å². The summed E-state index contributed by atoms with van der Waals surface area (Å²) in [7, 11) is 0. The maximum absolute atomic E-state index is 11.2. The van der Waals surface area contributed by atoms with E-state index in [2.05, 4.69) is 0 Å². The van der Waals surface area contributed by atoms with Gasteiger partial charge in [-0.25, -0.2) is 0 Å². The SMILES string of the molecule is N#C/C(C(N)=O)=C(\N)N1CCCc2ccccc21. The van der Waals surface area contributed by atoms with Crippen LogP contribution in [0.1, 0.15) is 12.0 Å². The Hall–Kier alpha value is -2.48. The van der Waals surface area contributed by atoms with Crippen LogP contribution in [0.15, 0.2) is 35.7 Å². The van der Waals surface area contributed by atoms with Gasteiger partial charge in [0.15, 0.2) is 5.57 Å². The molecule has 5 heteroatoms. The van der Waals surface area contributed by atoms with Crippen LogP contribution < -0.4 is 16.4 Å². The van der Waals surface area contributed by atoms with Crippen LogP contribution in [0.5, 0.6) is 0 Å². The highest BCUT2D eigenvalue weighted by Gasteiger charge is 2.22. The Balaban J connectivity index is 2.49. The highest BCUT2D eigenvalue weighted by Crippen LogP contribution is 2.29. The van der Waals surface area contributed by atoms with Crippen molar-refractivity contribution in [2.75, 3.05) is 11.4 Å². The normalized spacial score (nSPS) is 15.4. The number of para-hydroxylation sites is 1. The fraction of sp³-hybridized carbons (Fsp3) is 0.231. The first-order chi connectivity index (χ1) is 8.65. The average Bonchev–Trinajstić information content (AvgIpc) is 2.38. The molecule has 0 bridgehead atoms. The van der Waals surface area contributed by atoms with Crippen LogP contribution in [0.3, 0.4) is 0 Å². The van der Waals surface area contributed by atoms with Crippen molar-refractivity contribution < 1.29 is 4.79 Å². The second kappa shape index (κ2) is 4.80. The smallest absolute Gasteiger partial charge is 0.263 e. The van der Waals surface area contributed by atoms with Gasteiger partial charge in [0.1, 0.15) is 11.9 Å². The number of carbonyl (C=O) groups excluding carboxylic acids is 1. The molecule has 1 aliphatic heterocycles. The minimum Gasteiger partial charge on any atom is -0.384 e. The largest absolute Gasteiger partial charge is 0.384 e. The number of aryl methyl sites for hydroxylation is 1. The zero-order valence-corrected chi connectivity index (χ0v) is 9.89.